The van der Waals surface area contributed by atoms with Crippen molar-refractivity contribution in [2.75, 3.05) is 38.5 Å². The van der Waals surface area contributed by atoms with E-state index in [1.54, 1.807) is 4.31 Å². The molecule has 0 amide bonds. The first-order valence-electron chi connectivity index (χ1n) is 6.88. The van der Waals surface area contributed by atoms with Crippen LogP contribution in [0, 0.1) is 5.92 Å². The maximum absolute atomic E-state index is 12.2. The summed E-state index contributed by atoms with van der Waals surface area (Å²) in [7, 11) is -3.08. The highest BCUT2D eigenvalue weighted by Gasteiger charge is 2.28. The lowest BCUT2D eigenvalue weighted by Crippen LogP contribution is -2.45. The van der Waals surface area contributed by atoms with Gasteiger partial charge in [-0.1, -0.05) is 0 Å². The summed E-state index contributed by atoms with van der Waals surface area (Å²) in [5.41, 5.74) is 0. The Labute approximate surface area is 110 Å². The van der Waals surface area contributed by atoms with Crippen LogP contribution in [-0.4, -0.2) is 57.4 Å². The minimum Gasteiger partial charge on any atom is -0.376 e. The van der Waals surface area contributed by atoms with Crippen molar-refractivity contribution in [2.45, 2.75) is 32.3 Å². The van der Waals surface area contributed by atoms with Crippen molar-refractivity contribution in [1.82, 2.24) is 9.62 Å². The lowest BCUT2D eigenvalue weighted by Gasteiger charge is -2.31. The SMILES string of the molecule is CC1CN(S(=O)(=O)CCC2CCNCC2)CCO1. The second kappa shape index (κ2) is 6.32. The van der Waals surface area contributed by atoms with Crippen molar-refractivity contribution in [3.8, 4) is 0 Å². The number of rotatable bonds is 4. The molecule has 0 aliphatic carbocycles. The highest BCUT2D eigenvalue weighted by molar-refractivity contribution is 7.89. The van der Waals surface area contributed by atoms with Crippen molar-refractivity contribution >= 4 is 10.0 Å². The molecule has 18 heavy (non-hydrogen) atoms. The van der Waals surface area contributed by atoms with Gasteiger partial charge >= 0.3 is 0 Å². The van der Waals surface area contributed by atoms with E-state index in [-0.39, 0.29) is 6.10 Å². The first kappa shape index (κ1) is 14.2. The van der Waals surface area contributed by atoms with Crippen LogP contribution in [0.2, 0.25) is 0 Å². The van der Waals surface area contributed by atoms with E-state index in [4.69, 9.17) is 4.74 Å². The van der Waals surface area contributed by atoms with Crippen LogP contribution in [-0.2, 0) is 14.8 Å². The first-order valence-corrected chi connectivity index (χ1v) is 8.49. The summed E-state index contributed by atoms with van der Waals surface area (Å²) in [4.78, 5) is 0. The molecule has 2 saturated heterocycles. The molecule has 2 rings (SSSR count). The second-order valence-electron chi connectivity index (χ2n) is 5.34. The van der Waals surface area contributed by atoms with E-state index < -0.39 is 10.0 Å². The van der Waals surface area contributed by atoms with Crippen molar-refractivity contribution < 1.29 is 13.2 Å². The molecule has 0 radical (unpaired) electrons. The Morgan fingerprint density at radius 2 is 2.06 bits per heavy atom. The number of hydrogen-bond acceptors (Lipinski definition) is 4. The molecule has 106 valence electrons. The van der Waals surface area contributed by atoms with Crippen molar-refractivity contribution in [3.63, 3.8) is 0 Å². The standard InChI is InChI=1S/C12H24N2O3S/c1-11-10-14(7-8-17-11)18(15,16)9-4-12-2-5-13-6-3-12/h11-13H,2-10H2,1H3. The van der Waals surface area contributed by atoms with Crippen molar-refractivity contribution in [2.24, 2.45) is 5.92 Å². The minimum atomic E-state index is -3.08. The molecule has 0 saturated carbocycles. The molecular formula is C12H24N2O3S. The lowest BCUT2D eigenvalue weighted by molar-refractivity contribution is 0.0101. The molecule has 1 N–H and O–H groups in total. The number of nitrogens with one attached hydrogen (secondary N) is 1. The van der Waals surface area contributed by atoms with Gasteiger partial charge in [0.15, 0.2) is 0 Å². The van der Waals surface area contributed by atoms with Gasteiger partial charge in [0.1, 0.15) is 0 Å². The smallest absolute Gasteiger partial charge is 0.214 e. The van der Waals surface area contributed by atoms with E-state index in [0.29, 0.717) is 31.4 Å². The summed E-state index contributed by atoms with van der Waals surface area (Å²) in [5, 5.41) is 3.30. The monoisotopic (exact) mass is 276 g/mol. The van der Waals surface area contributed by atoms with Crippen LogP contribution in [0.5, 0.6) is 0 Å². The third kappa shape index (κ3) is 3.91. The fraction of sp³-hybridized carbons (Fsp3) is 1.00. The van der Waals surface area contributed by atoms with Gasteiger partial charge in [-0.05, 0) is 45.2 Å². The lowest BCUT2D eigenvalue weighted by atomic mass is 9.96. The fourth-order valence-corrected chi connectivity index (χ4v) is 4.33. The van der Waals surface area contributed by atoms with Gasteiger partial charge in [0.2, 0.25) is 10.0 Å². The number of ether oxygens (including phenoxy) is 1. The molecular weight excluding hydrogens is 252 g/mol. The Hall–Kier alpha value is -0.170. The fourth-order valence-electron chi connectivity index (χ4n) is 2.65. The number of sulfonamides is 1. The third-order valence-electron chi connectivity index (χ3n) is 3.84. The maximum Gasteiger partial charge on any atom is 0.214 e. The number of nitrogens with zero attached hydrogens (tertiary/aromatic N) is 1. The number of piperidine rings is 1. The molecule has 1 atom stereocenters. The number of hydrogen-bond donors (Lipinski definition) is 1. The van der Waals surface area contributed by atoms with Gasteiger partial charge in [0.25, 0.3) is 0 Å². The van der Waals surface area contributed by atoms with Crippen LogP contribution >= 0.6 is 0 Å². The first-order chi connectivity index (χ1) is 8.58. The van der Waals surface area contributed by atoms with E-state index in [0.717, 1.165) is 32.4 Å². The second-order valence-corrected chi connectivity index (χ2v) is 7.43. The molecule has 2 aliphatic heterocycles. The van der Waals surface area contributed by atoms with Crippen molar-refractivity contribution in [3.05, 3.63) is 0 Å². The van der Waals surface area contributed by atoms with Gasteiger partial charge < -0.3 is 10.1 Å². The Kier molecular flexibility index (Phi) is 5.00. The van der Waals surface area contributed by atoms with Gasteiger partial charge in [0.05, 0.1) is 18.5 Å². The predicted octanol–water partition coefficient (Wildman–Crippen LogP) is 0.427. The molecule has 5 nitrogen and oxygen atoms in total. The highest BCUT2D eigenvalue weighted by Crippen LogP contribution is 2.19. The molecule has 0 spiro atoms. The Balaban J connectivity index is 1.82. The quantitative estimate of drug-likeness (QED) is 0.809. The summed E-state index contributed by atoms with van der Waals surface area (Å²) in [6, 6.07) is 0. The average Bonchev–Trinajstić information content (AvgIpc) is 2.38. The maximum atomic E-state index is 12.2. The van der Waals surface area contributed by atoms with E-state index in [2.05, 4.69) is 5.32 Å². The molecule has 6 heteroatoms. The van der Waals surface area contributed by atoms with Gasteiger partial charge in [-0.15, -0.1) is 0 Å². The minimum absolute atomic E-state index is 0.0207. The van der Waals surface area contributed by atoms with Gasteiger partial charge in [-0.2, -0.15) is 4.31 Å². The van der Waals surface area contributed by atoms with E-state index >= 15 is 0 Å². The Morgan fingerprint density at radius 3 is 2.72 bits per heavy atom. The molecule has 1 unspecified atom stereocenters. The molecule has 0 aromatic carbocycles. The Morgan fingerprint density at radius 1 is 1.33 bits per heavy atom. The summed E-state index contributed by atoms with van der Waals surface area (Å²) in [6.45, 7) is 5.52. The number of morpholine rings is 1. The Bertz CT molecular complexity index is 352. The molecule has 2 heterocycles. The molecule has 0 aromatic rings. The van der Waals surface area contributed by atoms with Gasteiger partial charge in [-0.3, -0.25) is 0 Å². The van der Waals surface area contributed by atoms with Crippen LogP contribution in [0.15, 0.2) is 0 Å². The van der Waals surface area contributed by atoms with Crippen LogP contribution in [0.4, 0.5) is 0 Å². The van der Waals surface area contributed by atoms with Crippen LogP contribution in [0.3, 0.4) is 0 Å². The van der Waals surface area contributed by atoms with Gasteiger partial charge in [-0.25, -0.2) is 8.42 Å². The largest absolute Gasteiger partial charge is 0.376 e. The summed E-state index contributed by atoms with van der Waals surface area (Å²) in [6.07, 6.45) is 3.03. The zero-order chi connectivity index (χ0) is 13.0. The molecule has 0 bridgehead atoms. The summed E-state index contributed by atoms with van der Waals surface area (Å²) in [5.74, 6) is 0.865. The third-order valence-corrected chi connectivity index (χ3v) is 5.71. The van der Waals surface area contributed by atoms with Crippen LogP contribution in [0.1, 0.15) is 26.2 Å². The molecule has 0 aromatic heterocycles. The van der Waals surface area contributed by atoms with E-state index in [9.17, 15) is 8.42 Å². The normalized spacial score (nSPS) is 28.4. The molecule has 2 fully saturated rings. The van der Waals surface area contributed by atoms with Crippen LogP contribution in [0.25, 0.3) is 0 Å². The van der Waals surface area contributed by atoms with Crippen LogP contribution < -0.4 is 5.32 Å². The van der Waals surface area contributed by atoms with Crippen molar-refractivity contribution in [1.29, 1.82) is 0 Å². The average molecular weight is 276 g/mol. The summed E-state index contributed by atoms with van der Waals surface area (Å²) < 4.78 is 31.4. The van der Waals surface area contributed by atoms with E-state index in [1.165, 1.54) is 0 Å². The zero-order valence-corrected chi connectivity index (χ0v) is 11.9. The summed E-state index contributed by atoms with van der Waals surface area (Å²) >= 11 is 0. The zero-order valence-electron chi connectivity index (χ0n) is 11.1. The van der Waals surface area contributed by atoms with E-state index in [1.807, 2.05) is 6.92 Å². The highest BCUT2D eigenvalue weighted by atomic mass is 32.2. The van der Waals surface area contributed by atoms with Gasteiger partial charge in [0, 0.05) is 13.1 Å². The topological polar surface area (TPSA) is 58.6 Å². The molecule has 2 aliphatic rings. The predicted molar refractivity (Wildman–Crippen MR) is 71.0 cm³/mol.